The normalized spacial score (nSPS) is 11.9. The lowest BCUT2D eigenvalue weighted by Crippen LogP contribution is -2.37. The Morgan fingerprint density at radius 2 is 1.25 bits per heavy atom. The monoisotopic (exact) mass is 387 g/mol. The van der Waals surface area contributed by atoms with Gasteiger partial charge in [0.25, 0.3) is 0 Å². The average molecular weight is 388 g/mol. The van der Waals surface area contributed by atoms with Gasteiger partial charge in [0.2, 0.25) is 0 Å². The van der Waals surface area contributed by atoms with Crippen molar-refractivity contribution in [2.75, 3.05) is 0 Å². The first-order valence-corrected chi connectivity index (χ1v) is 10.1. The predicted molar refractivity (Wildman–Crippen MR) is 119 cm³/mol. The molecule has 0 amide bonds. The molecule has 3 aromatic carbocycles. The summed E-state index contributed by atoms with van der Waals surface area (Å²) in [6.07, 6.45) is 0. The predicted octanol–water partition coefficient (Wildman–Crippen LogP) is 6.42. The molecule has 0 heterocycles. The molecule has 1 unspecified atom stereocenters. The first-order valence-electron chi connectivity index (χ1n) is 9.71. The van der Waals surface area contributed by atoms with Gasteiger partial charge in [-0.3, -0.25) is 4.90 Å². The van der Waals surface area contributed by atoms with Crippen LogP contribution in [0.2, 0.25) is 5.02 Å². The minimum atomic E-state index is 0.149. The Labute approximate surface area is 174 Å². The summed E-state index contributed by atoms with van der Waals surface area (Å²) in [5.74, 6) is 7.29. The topological polar surface area (TPSA) is 3.24 Å². The fourth-order valence-electron chi connectivity index (χ4n) is 3.26. The van der Waals surface area contributed by atoms with Crippen molar-refractivity contribution in [3.63, 3.8) is 0 Å². The molecule has 142 valence electrons. The maximum absolute atomic E-state index is 6.00. The van der Waals surface area contributed by atoms with Crippen LogP contribution in [0.5, 0.6) is 0 Å². The molecule has 0 radical (unpaired) electrons. The lowest BCUT2D eigenvalue weighted by atomic mass is 10.0. The van der Waals surface area contributed by atoms with Gasteiger partial charge >= 0.3 is 0 Å². The molecular weight excluding hydrogens is 362 g/mol. The van der Waals surface area contributed by atoms with Gasteiger partial charge in [-0.2, -0.15) is 0 Å². The maximum Gasteiger partial charge on any atom is 0.0747 e. The van der Waals surface area contributed by atoms with E-state index < -0.39 is 0 Å². The summed E-state index contributed by atoms with van der Waals surface area (Å²) in [7, 11) is 0. The summed E-state index contributed by atoms with van der Waals surface area (Å²) in [6, 6.07) is 29.1. The lowest BCUT2D eigenvalue weighted by Gasteiger charge is -2.31. The smallest absolute Gasteiger partial charge is 0.0747 e. The summed E-state index contributed by atoms with van der Waals surface area (Å²) in [4.78, 5) is 2.47. The van der Waals surface area contributed by atoms with Gasteiger partial charge in [-0.1, -0.05) is 98.0 Å². The van der Waals surface area contributed by atoms with Crippen LogP contribution >= 0.6 is 11.6 Å². The Balaban J connectivity index is 1.88. The van der Waals surface area contributed by atoms with E-state index in [1.165, 1.54) is 11.1 Å². The van der Waals surface area contributed by atoms with Crippen molar-refractivity contribution in [3.05, 3.63) is 107 Å². The largest absolute Gasteiger partial charge is 0.281 e. The Hall–Kier alpha value is -2.53. The highest BCUT2D eigenvalue weighted by Gasteiger charge is 2.20. The molecule has 1 nitrogen and oxygen atoms in total. The van der Waals surface area contributed by atoms with Gasteiger partial charge < -0.3 is 0 Å². The van der Waals surface area contributed by atoms with Crippen LogP contribution < -0.4 is 0 Å². The van der Waals surface area contributed by atoms with Crippen LogP contribution in [-0.4, -0.2) is 10.9 Å². The summed E-state index contributed by atoms with van der Waals surface area (Å²) in [6.45, 7) is 6.22. The third kappa shape index (κ3) is 5.99. The molecule has 0 saturated carbocycles. The molecule has 0 bridgehead atoms. The molecule has 0 N–H and O–H groups in total. The Morgan fingerprint density at radius 1 is 0.750 bits per heavy atom. The van der Waals surface area contributed by atoms with E-state index >= 15 is 0 Å². The highest BCUT2D eigenvalue weighted by molar-refractivity contribution is 6.30. The van der Waals surface area contributed by atoms with E-state index in [1.54, 1.807) is 0 Å². The minimum Gasteiger partial charge on any atom is -0.281 e. The van der Waals surface area contributed by atoms with E-state index in [0.29, 0.717) is 5.92 Å². The van der Waals surface area contributed by atoms with E-state index in [0.717, 1.165) is 23.7 Å². The molecule has 28 heavy (non-hydrogen) atoms. The summed E-state index contributed by atoms with van der Waals surface area (Å²) >= 11 is 6.00. The second-order valence-electron chi connectivity index (χ2n) is 7.34. The van der Waals surface area contributed by atoms with Gasteiger partial charge in [-0.25, -0.2) is 0 Å². The summed E-state index contributed by atoms with van der Waals surface area (Å²) in [5.41, 5.74) is 3.60. The second kappa shape index (κ2) is 10.1. The third-order valence-electron chi connectivity index (χ3n) is 4.69. The fourth-order valence-corrected chi connectivity index (χ4v) is 3.38. The second-order valence-corrected chi connectivity index (χ2v) is 7.78. The van der Waals surface area contributed by atoms with Crippen LogP contribution in [0, 0.1) is 17.8 Å². The molecule has 2 heteroatoms. The van der Waals surface area contributed by atoms with E-state index in [4.69, 9.17) is 11.6 Å². The standard InChI is InChI=1S/C26H26ClN/c1-21(2)26(18-15-22-13-16-25(27)17-14-22)28(19-23-9-5-3-6-10-23)20-24-11-7-4-8-12-24/h3-14,16-17,21,26H,19-20H2,1-2H3. The number of nitrogens with zero attached hydrogens (tertiary/aromatic N) is 1. The number of hydrogen-bond acceptors (Lipinski definition) is 1. The van der Waals surface area contributed by atoms with E-state index in [1.807, 2.05) is 24.3 Å². The summed E-state index contributed by atoms with van der Waals surface area (Å²) < 4.78 is 0. The molecule has 0 aliphatic heterocycles. The van der Waals surface area contributed by atoms with Crippen LogP contribution in [0.1, 0.15) is 30.5 Å². The lowest BCUT2D eigenvalue weighted by molar-refractivity contribution is 0.179. The number of halogens is 1. The van der Waals surface area contributed by atoms with Gasteiger partial charge in [0.05, 0.1) is 6.04 Å². The molecule has 1 atom stereocenters. The van der Waals surface area contributed by atoms with Gasteiger partial charge in [0, 0.05) is 23.7 Å². The molecule has 3 aromatic rings. The van der Waals surface area contributed by atoms with Gasteiger partial charge in [-0.05, 0) is 41.3 Å². The number of rotatable bonds is 6. The van der Waals surface area contributed by atoms with Crippen molar-refractivity contribution in [2.24, 2.45) is 5.92 Å². The zero-order valence-electron chi connectivity index (χ0n) is 16.5. The van der Waals surface area contributed by atoms with Crippen molar-refractivity contribution in [3.8, 4) is 11.8 Å². The quantitative estimate of drug-likeness (QED) is 0.441. The van der Waals surface area contributed by atoms with Crippen molar-refractivity contribution in [1.82, 2.24) is 4.90 Å². The van der Waals surface area contributed by atoms with E-state index in [9.17, 15) is 0 Å². The van der Waals surface area contributed by atoms with Crippen molar-refractivity contribution in [2.45, 2.75) is 33.0 Å². The van der Waals surface area contributed by atoms with E-state index in [-0.39, 0.29) is 6.04 Å². The molecule has 0 spiro atoms. The summed E-state index contributed by atoms with van der Waals surface area (Å²) in [5, 5.41) is 0.737. The first kappa shape index (κ1) is 20.2. The van der Waals surface area contributed by atoms with Gasteiger partial charge in [-0.15, -0.1) is 0 Å². The molecule has 0 saturated heterocycles. The Bertz CT molecular complexity index is 864. The molecule has 0 aliphatic carbocycles. The van der Waals surface area contributed by atoms with Crippen LogP contribution in [-0.2, 0) is 13.1 Å². The molecule has 3 rings (SSSR count). The number of benzene rings is 3. The highest BCUT2D eigenvalue weighted by Crippen LogP contribution is 2.18. The SMILES string of the molecule is CC(C)C(C#Cc1ccc(Cl)cc1)N(Cc1ccccc1)Cc1ccccc1. The molecule has 0 aromatic heterocycles. The van der Waals surface area contributed by atoms with Gasteiger partial charge in [0.1, 0.15) is 0 Å². The Kier molecular flexibility index (Phi) is 7.31. The third-order valence-corrected chi connectivity index (χ3v) is 4.94. The van der Waals surface area contributed by atoms with Crippen LogP contribution in [0.25, 0.3) is 0 Å². The zero-order valence-corrected chi connectivity index (χ0v) is 17.2. The van der Waals surface area contributed by atoms with Crippen molar-refractivity contribution in [1.29, 1.82) is 0 Å². The van der Waals surface area contributed by atoms with Crippen molar-refractivity contribution >= 4 is 11.6 Å². The minimum absolute atomic E-state index is 0.149. The van der Waals surface area contributed by atoms with Crippen LogP contribution in [0.3, 0.4) is 0 Å². The van der Waals surface area contributed by atoms with E-state index in [2.05, 4.69) is 91.3 Å². The Morgan fingerprint density at radius 3 is 1.71 bits per heavy atom. The first-order chi connectivity index (χ1) is 13.6. The number of hydrogen-bond donors (Lipinski definition) is 0. The fraction of sp³-hybridized carbons (Fsp3) is 0.231. The maximum atomic E-state index is 6.00. The average Bonchev–Trinajstić information content (AvgIpc) is 2.71. The highest BCUT2D eigenvalue weighted by atomic mass is 35.5. The molecule has 0 fully saturated rings. The van der Waals surface area contributed by atoms with Crippen molar-refractivity contribution < 1.29 is 0 Å². The molecule has 0 aliphatic rings. The van der Waals surface area contributed by atoms with Crippen LogP contribution in [0.15, 0.2) is 84.9 Å². The van der Waals surface area contributed by atoms with Crippen LogP contribution in [0.4, 0.5) is 0 Å². The van der Waals surface area contributed by atoms with Gasteiger partial charge in [0.15, 0.2) is 0 Å². The zero-order chi connectivity index (χ0) is 19.8. The molecular formula is C26H26ClN.